The number of hydrogen-bond acceptors (Lipinski definition) is 7. The maximum absolute atomic E-state index is 14.7. The number of H-pyrrole nitrogens is 2. The van der Waals surface area contributed by atoms with Gasteiger partial charge < -0.3 is 14.6 Å². The molecular formula is C32H31FN8O. The third-order valence-corrected chi connectivity index (χ3v) is 7.78. The molecule has 6 aromatic rings. The highest BCUT2D eigenvalue weighted by atomic mass is 19.1. The number of anilines is 1. The van der Waals surface area contributed by atoms with Crippen LogP contribution in [0, 0.1) is 5.82 Å². The lowest BCUT2D eigenvalue weighted by molar-refractivity contribution is 0.237. The Morgan fingerprint density at radius 2 is 1.86 bits per heavy atom. The first-order chi connectivity index (χ1) is 20.5. The molecule has 0 bridgehead atoms. The molecule has 2 N–H and O–H groups in total. The average molecular weight is 563 g/mol. The molecule has 1 fully saturated rings. The number of nitrogens with zero attached hydrogens (tertiary/aromatic N) is 6. The molecule has 0 amide bonds. The quantitative estimate of drug-likeness (QED) is 0.238. The van der Waals surface area contributed by atoms with E-state index in [9.17, 15) is 4.39 Å². The first-order valence-corrected chi connectivity index (χ1v) is 14.1. The van der Waals surface area contributed by atoms with Crippen molar-refractivity contribution in [1.82, 2.24) is 35.0 Å². The predicted molar refractivity (Wildman–Crippen MR) is 163 cm³/mol. The lowest BCUT2D eigenvalue weighted by Gasteiger charge is -2.15. The smallest absolute Gasteiger partial charge is 0.159 e. The van der Waals surface area contributed by atoms with Gasteiger partial charge >= 0.3 is 0 Å². The second-order valence-corrected chi connectivity index (χ2v) is 10.9. The van der Waals surface area contributed by atoms with Crippen LogP contribution < -0.4 is 9.64 Å². The molecule has 1 aliphatic heterocycles. The molecule has 1 aliphatic rings. The van der Waals surface area contributed by atoms with Gasteiger partial charge in [-0.15, -0.1) is 0 Å². The molecule has 42 heavy (non-hydrogen) atoms. The molecule has 5 heterocycles. The fraction of sp³-hybridized carbons (Fsp3) is 0.250. The number of likely N-dealkylation sites (tertiary alicyclic amines) is 1. The number of halogens is 1. The zero-order valence-electron chi connectivity index (χ0n) is 23.6. The Bertz CT molecular complexity index is 1890. The van der Waals surface area contributed by atoms with Crippen LogP contribution >= 0.6 is 0 Å². The molecule has 10 heteroatoms. The molecule has 9 nitrogen and oxygen atoms in total. The Morgan fingerprint density at radius 1 is 0.976 bits per heavy atom. The van der Waals surface area contributed by atoms with Gasteiger partial charge in [0.2, 0.25) is 0 Å². The second kappa shape index (κ2) is 10.9. The SMILES string of the molecule is CN(C)c1cncc(-c2cc3c(-c4nc5c(-c6cc(F)cc(OCCN7CCCC7)c6)cccc5[nH]4)n[nH]c3cn2)c1. The van der Waals surface area contributed by atoms with E-state index in [1.165, 1.54) is 25.0 Å². The highest BCUT2D eigenvalue weighted by Crippen LogP contribution is 2.34. The first kappa shape index (κ1) is 26.1. The van der Waals surface area contributed by atoms with Gasteiger partial charge in [0.25, 0.3) is 0 Å². The number of rotatable bonds is 8. The monoisotopic (exact) mass is 562 g/mol. The summed E-state index contributed by atoms with van der Waals surface area (Å²) >= 11 is 0. The minimum atomic E-state index is -0.345. The predicted octanol–water partition coefficient (Wildman–Crippen LogP) is 5.91. The number of pyridine rings is 2. The number of fused-ring (bicyclic) bond motifs is 2. The largest absolute Gasteiger partial charge is 0.492 e. The molecule has 212 valence electrons. The van der Waals surface area contributed by atoms with Crippen LogP contribution in [-0.4, -0.2) is 75.4 Å². The van der Waals surface area contributed by atoms with E-state index in [4.69, 9.17) is 9.72 Å². The van der Waals surface area contributed by atoms with Crippen molar-refractivity contribution in [3.05, 3.63) is 72.9 Å². The molecule has 4 aromatic heterocycles. The minimum absolute atomic E-state index is 0.345. The summed E-state index contributed by atoms with van der Waals surface area (Å²) in [6.07, 6.45) is 7.86. The van der Waals surface area contributed by atoms with Gasteiger partial charge in [0.15, 0.2) is 5.82 Å². The van der Waals surface area contributed by atoms with E-state index in [1.807, 2.05) is 55.5 Å². The third-order valence-electron chi connectivity index (χ3n) is 7.78. The molecule has 7 rings (SSSR count). The van der Waals surface area contributed by atoms with E-state index in [2.05, 4.69) is 36.1 Å². The number of nitrogens with one attached hydrogen (secondary N) is 2. The normalized spacial score (nSPS) is 13.8. The molecule has 0 saturated carbocycles. The number of ether oxygens (including phenoxy) is 1. The number of hydrogen-bond donors (Lipinski definition) is 2. The van der Waals surface area contributed by atoms with Gasteiger partial charge in [-0.05, 0) is 61.8 Å². The van der Waals surface area contributed by atoms with Gasteiger partial charge in [0, 0.05) is 49.4 Å². The standard InChI is InChI=1S/C32H31FN8O/c1-40(2)23-13-21(17-34-18-23)28-16-26-29(19-35-28)38-39-31(26)32-36-27-7-5-6-25(30(27)37-32)20-12-22(33)15-24(14-20)42-11-10-41-8-3-4-9-41/h5-7,12-19H,3-4,8-11H2,1-2H3,(H,36,37)(H,38,39). The van der Waals surface area contributed by atoms with Gasteiger partial charge in [-0.1, -0.05) is 12.1 Å². The summed E-state index contributed by atoms with van der Waals surface area (Å²) in [5.74, 6) is 0.783. The van der Waals surface area contributed by atoms with E-state index in [0.717, 1.165) is 64.1 Å². The van der Waals surface area contributed by atoms with Crippen molar-refractivity contribution in [1.29, 1.82) is 0 Å². The molecule has 0 unspecified atom stereocenters. The van der Waals surface area contributed by atoms with Crippen molar-refractivity contribution in [2.75, 3.05) is 45.2 Å². The number of imidazole rings is 1. The van der Waals surface area contributed by atoms with Crippen LogP contribution in [0.1, 0.15) is 12.8 Å². The van der Waals surface area contributed by atoms with E-state index in [0.29, 0.717) is 29.4 Å². The summed E-state index contributed by atoms with van der Waals surface area (Å²) in [6.45, 7) is 3.57. The van der Waals surface area contributed by atoms with Crippen molar-refractivity contribution >= 4 is 27.6 Å². The Balaban J connectivity index is 1.22. The Morgan fingerprint density at radius 3 is 2.71 bits per heavy atom. The Hall–Kier alpha value is -4.83. The van der Waals surface area contributed by atoms with Gasteiger partial charge in [-0.3, -0.25) is 20.0 Å². The average Bonchev–Trinajstić information content (AvgIpc) is 3.76. The van der Waals surface area contributed by atoms with Crippen LogP contribution in [-0.2, 0) is 0 Å². The fourth-order valence-corrected chi connectivity index (χ4v) is 5.55. The van der Waals surface area contributed by atoms with Crippen LogP contribution in [0.4, 0.5) is 10.1 Å². The fourth-order valence-electron chi connectivity index (χ4n) is 5.55. The Labute approximate surface area is 242 Å². The van der Waals surface area contributed by atoms with Crippen molar-refractivity contribution in [2.45, 2.75) is 12.8 Å². The zero-order chi connectivity index (χ0) is 28.6. The maximum atomic E-state index is 14.7. The summed E-state index contributed by atoms with van der Waals surface area (Å²) < 4.78 is 20.7. The number of para-hydroxylation sites is 1. The number of aromatic nitrogens is 6. The van der Waals surface area contributed by atoms with Crippen LogP contribution in [0.25, 0.3) is 55.8 Å². The summed E-state index contributed by atoms with van der Waals surface area (Å²) in [4.78, 5) is 21.8. The zero-order valence-corrected chi connectivity index (χ0v) is 23.6. The number of benzene rings is 2. The third kappa shape index (κ3) is 5.05. The maximum Gasteiger partial charge on any atom is 0.159 e. The lowest BCUT2D eigenvalue weighted by Crippen LogP contribution is -2.25. The summed E-state index contributed by atoms with van der Waals surface area (Å²) in [5.41, 5.74) is 7.25. The topological polar surface area (TPSA) is 98.9 Å². The van der Waals surface area contributed by atoms with Crippen LogP contribution in [0.5, 0.6) is 5.75 Å². The second-order valence-electron chi connectivity index (χ2n) is 10.9. The van der Waals surface area contributed by atoms with Gasteiger partial charge in [0.1, 0.15) is 23.9 Å². The highest BCUT2D eigenvalue weighted by Gasteiger charge is 2.18. The van der Waals surface area contributed by atoms with Crippen LogP contribution in [0.3, 0.4) is 0 Å². The first-order valence-electron chi connectivity index (χ1n) is 14.1. The molecule has 0 spiro atoms. The Kier molecular flexibility index (Phi) is 6.75. The number of aromatic amines is 2. The summed E-state index contributed by atoms with van der Waals surface area (Å²) in [5, 5.41) is 8.53. The molecule has 0 aliphatic carbocycles. The van der Waals surface area contributed by atoms with Crippen molar-refractivity contribution < 1.29 is 9.13 Å². The summed E-state index contributed by atoms with van der Waals surface area (Å²) in [6, 6.07) is 14.7. The molecule has 0 radical (unpaired) electrons. The van der Waals surface area contributed by atoms with E-state index >= 15 is 0 Å². The van der Waals surface area contributed by atoms with Crippen molar-refractivity contribution in [3.8, 4) is 39.7 Å². The molecule has 0 atom stereocenters. The highest BCUT2D eigenvalue weighted by molar-refractivity contribution is 5.98. The van der Waals surface area contributed by atoms with Crippen molar-refractivity contribution in [3.63, 3.8) is 0 Å². The van der Waals surface area contributed by atoms with Crippen LogP contribution in [0.2, 0.25) is 0 Å². The van der Waals surface area contributed by atoms with Gasteiger partial charge in [-0.25, -0.2) is 9.37 Å². The van der Waals surface area contributed by atoms with E-state index in [-0.39, 0.29) is 5.82 Å². The van der Waals surface area contributed by atoms with Gasteiger partial charge in [-0.2, -0.15) is 5.10 Å². The van der Waals surface area contributed by atoms with Gasteiger partial charge in [0.05, 0.1) is 40.3 Å². The minimum Gasteiger partial charge on any atom is -0.492 e. The molecular weight excluding hydrogens is 531 g/mol. The molecule has 2 aromatic carbocycles. The van der Waals surface area contributed by atoms with E-state index < -0.39 is 0 Å². The van der Waals surface area contributed by atoms with E-state index in [1.54, 1.807) is 12.4 Å². The van der Waals surface area contributed by atoms with Crippen molar-refractivity contribution in [2.24, 2.45) is 0 Å². The lowest BCUT2D eigenvalue weighted by atomic mass is 10.0. The van der Waals surface area contributed by atoms with Crippen LogP contribution in [0.15, 0.2) is 67.1 Å². The summed E-state index contributed by atoms with van der Waals surface area (Å²) in [7, 11) is 3.96. The molecule has 1 saturated heterocycles.